The molecule has 96 valence electrons. The summed E-state index contributed by atoms with van der Waals surface area (Å²) in [6.07, 6.45) is 1.68. The predicted octanol–water partition coefficient (Wildman–Crippen LogP) is 2.93. The maximum atomic E-state index is 5.58. The molecule has 0 fully saturated rings. The minimum absolute atomic E-state index is 0.298. The number of oxazole rings is 1. The lowest BCUT2D eigenvalue weighted by atomic mass is 9.99. The molecule has 1 aromatic carbocycles. The number of ether oxygens (including phenoxy) is 1. The third kappa shape index (κ3) is 2.38. The van der Waals surface area contributed by atoms with Gasteiger partial charge in [0, 0.05) is 0 Å². The quantitative estimate of drug-likeness (QED) is 0.901. The van der Waals surface area contributed by atoms with Gasteiger partial charge in [0.05, 0.1) is 25.4 Å². The smallest absolute Gasteiger partial charge is 0.208 e. The van der Waals surface area contributed by atoms with Gasteiger partial charge >= 0.3 is 0 Å². The first-order valence-corrected chi connectivity index (χ1v) is 5.98. The molecule has 0 bridgehead atoms. The summed E-state index contributed by atoms with van der Waals surface area (Å²) in [6, 6.07) is 6.09. The van der Waals surface area contributed by atoms with Crippen LogP contribution in [-0.2, 0) is 6.54 Å². The summed E-state index contributed by atoms with van der Waals surface area (Å²) < 4.78 is 10.9. The molecule has 2 aromatic rings. The van der Waals surface area contributed by atoms with E-state index in [1.807, 2.05) is 6.07 Å². The van der Waals surface area contributed by atoms with E-state index in [1.54, 1.807) is 13.3 Å². The fraction of sp³-hybridized carbons (Fsp3) is 0.357. The Kier molecular flexibility index (Phi) is 3.67. The van der Waals surface area contributed by atoms with Crippen molar-refractivity contribution in [3.63, 3.8) is 0 Å². The predicted molar refractivity (Wildman–Crippen MR) is 70.5 cm³/mol. The van der Waals surface area contributed by atoms with Gasteiger partial charge in [-0.2, -0.15) is 0 Å². The van der Waals surface area contributed by atoms with Crippen molar-refractivity contribution in [2.75, 3.05) is 7.11 Å². The third-order valence-electron chi connectivity index (χ3n) is 2.88. The number of rotatable bonds is 4. The van der Waals surface area contributed by atoms with Crippen molar-refractivity contribution in [1.82, 2.24) is 4.98 Å². The van der Waals surface area contributed by atoms with Crippen LogP contribution in [0.4, 0.5) is 0 Å². The van der Waals surface area contributed by atoms with Crippen LogP contribution < -0.4 is 10.5 Å². The highest BCUT2D eigenvalue weighted by Gasteiger charge is 2.13. The van der Waals surface area contributed by atoms with Gasteiger partial charge in [0.25, 0.3) is 0 Å². The van der Waals surface area contributed by atoms with E-state index >= 15 is 0 Å². The molecule has 0 aliphatic heterocycles. The molecule has 0 aliphatic carbocycles. The fourth-order valence-corrected chi connectivity index (χ4v) is 1.81. The normalized spacial score (nSPS) is 10.9. The molecule has 0 atom stereocenters. The number of aromatic nitrogens is 1. The van der Waals surface area contributed by atoms with Crippen molar-refractivity contribution in [3.8, 4) is 17.1 Å². The lowest BCUT2D eigenvalue weighted by molar-refractivity contribution is 0.413. The van der Waals surface area contributed by atoms with Crippen LogP contribution in [0.5, 0.6) is 5.75 Å². The van der Waals surface area contributed by atoms with E-state index in [9.17, 15) is 0 Å². The monoisotopic (exact) mass is 246 g/mol. The number of hydrogen-bond donors (Lipinski definition) is 1. The first kappa shape index (κ1) is 12.6. The molecule has 0 saturated carbocycles. The molecule has 0 spiro atoms. The van der Waals surface area contributed by atoms with Crippen LogP contribution in [0.15, 0.2) is 28.8 Å². The highest BCUT2D eigenvalue weighted by molar-refractivity contribution is 5.66. The number of methoxy groups -OCH3 is 1. The van der Waals surface area contributed by atoms with E-state index in [2.05, 4.69) is 31.0 Å². The van der Waals surface area contributed by atoms with Crippen LogP contribution >= 0.6 is 0 Å². The van der Waals surface area contributed by atoms with E-state index < -0.39 is 0 Å². The lowest BCUT2D eigenvalue weighted by Crippen LogP contribution is -1.95. The van der Waals surface area contributed by atoms with Crippen molar-refractivity contribution in [2.24, 2.45) is 5.73 Å². The van der Waals surface area contributed by atoms with Crippen molar-refractivity contribution in [3.05, 3.63) is 35.9 Å². The molecule has 2 N–H and O–H groups in total. The van der Waals surface area contributed by atoms with Crippen LogP contribution in [0.2, 0.25) is 0 Å². The average Bonchev–Trinajstić information content (AvgIpc) is 2.86. The van der Waals surface area contributed by atoms with Gasteiger partial charge < -0.3 is 14.9 Å². The summed E-state index contributed by atoms with van der Waals surface area (Å²) in [5.41, 5.74) is 7.65. The molecule has 2 rings (SSSR count). The van der Waals surface area contributed by atoms with E-state index in [4.69, 9.17) is 14.9 Å². The minimum atomic E-state index is 0.298. The Morgan fingerprint density at radius 3 is 2.72 bits per heavy atom. The Balaban J connectivity index is 2.49. The zero-order valence-electron chi connectivity index (χ0n) is 10.9. The van der Waals surface area contributed by atoms with E-state index in [1.165, 1.54) is 5.56 Å². The summed E-state index contributed by atoms with van der Waals surface area (Å²) in [5, 5.41) is 0. The van der Waals surface area contributed by atoms with Crippen molar-refractivity contribution in [1.29, 1.82) is 0 Å². The van der Waals surface area contributed by atoms with Crippen molar-refractivity contribution < 1.29 is 9.15 Å². The molecule has 1 aromatic heterocycles. The maximum Gasteiger partial charge on any atom is 0.208 e. The first-order chi connectivity index (χ1) is 8.65. The largest absolute Gasteiger partial charge is 0.496 e. The van der Waals surface area contributed by atoms with Gasteiger partial charge in [-0.15, -0.1) is 0 Å². The van der Waals surface area contributed by atoms with Crippen LogP contribution in [0.3, 0.4) is 0 Å². The zero-order chi connectivity index (χ0) is 13.1. The van der Waals surface area contributed by atoms with Crippen LogP contribution in [0.1, 0.15) is 31.2 Å². The molecular weight excluding hydrogens is 228 g/mol. The standard InChI is InChI=1S/C14H18N2O2/c1-9(2)10-4-5-12(17-3)11(6-10)13-8-16-14(7-15)18-13/h4-6,8-9H,7,15H2,1-3H3. The average molecular weight is 246 g/mol. The summed E-state index contributed by atoms with van der Waals surface area (Å²) in [4.78, 5) is 4.11. The van der Waals surface area contributed by atoms with Gasteiger partial charge in [0.15, 0.2) is 5.76 Å². The van der Waals surface area contributed by atoms with Crippen LogP contribution in [0, 0.1) is 0 Å². The van der Waals surface area contributed by atoms with Crippen molar-refractivity contribution >= 4 is 0 Å². The SMILES string of the molecule is COc1ccc(C(C)C)cc1-c1cnc(CN)o1. The Labute approximate surface area is 107 Å². The Morgan fingerprint density at radius 1 is 1.39 bits per heavy atom. The van der Waals surface area contributed by atoms with E-state index in [-0.39, 0.29) is 0 Å². The Hall–Kier alpha value is -1.81. The second kappa shape index (κ2) is 5.23. The summed E-state index contributed by atoms with van der Waals surface area (Å²) in [7, 11) is 1.65. The fourth-order valence-electron chi connectivity index (χ4n) is 1.81. The van der Waals surface area contributed by atoms with Gasteiger partial charge in [-0.1, -0.05) is 19.9 Å². The molecule has 1 heterocycles. The molecule has 18 heavy (non-hydrogen) atoms. The Bertz CT molecular complexity index is 532. The molecule has 4 heteroatoms. The molecule has 0 aliphatic rings. The maximum absolute atomic E-state index is 5.58. The summed E-state index contributed by atoms with van der Waals surface area (Å²) >= 11 is 0. The lowest BCUT2D eigenvalue weighted by Gasteiger charge is -2.10. The molecule has 0 amide bonds. The van der Waals surface area contributed by atoms with Crippen LogP contribution in [-0.4, -0.2) is 12.1 Å². The number of nitrogens with zero attached hydrogens (tertiary/aromatic N) is 1. The molecule has 0 unspecified atom stereocenters. The van der Waals surface area contributed by atoms with E-state index in [0.717, 1.165) is 11.3 Å². The highest BCUT2D eigenvalue weighted by Crippen LogP contribution is 2.33. The number of nitrogens with two attached hydrogens (primary N) is 1. The van der Waals surface area contributed by atoms with Gasteiger partial charge in [0.2, 0.25) is 5.89 Å². The molecular formula is C14H18N2O2. The van der Waals surface area contributed by atoms with Gasteiger partial charge in [-0.05, 0) is 23.6 Å². The number of benzene rings is 1. The second-order valence-corrected chi connectivity index (χ2v) is 4.44. The van der Waals surface area contributed by atoms with E-state index in [0.29, 0.717) is 24.1 Å². The van der Waals surface area contributed by atoms with Gasteiger partial charge in [-0.25, -0.2) is 4.98 Å². The van der Waals surface area contributed by atoms with Gasteiger partial charge in [-0.3, -0.25) is 0 Å². The second-order valence-electron chi connectivity index (χ2n) is 4.44. The molecule has 4 nitrogen and oxygen atoms in total. The summed E-state index contributed by atoms with van der Waals surface area (Å²) in [5.74, 6) is 2.45. The summed E-state index contributed by atoms with van der Waals surface area (Å²) in [6.45, 7) is 4.60. The van der Waals surface area contributed by atoms with Crippen molar-refractivity contribution in [2.45, 2.75) is 26.3 Å². The molecule has 0 saturated heterocycles. The highest BCUT2D eigenvalue weighted by atomic mass is 16.5. The minimum Gasteiger partial charge on any atom is -0.496 e. The molecule has 0 radical (unpaired) electrons. The topological polar surface area (TPSA) is 61.3 Å². The first-order valence-electron chi connectivity index (χ1n) is 5.98. The zero-order valence-corrected chi connectivity index (χ0v) is 10.9. The Morgan fingerprint density at radius 2 is 2.17 bits per heavy atom. The number of hydrogen-bond acceptors (Lipinski definition) is 4. The third-order valence-corrected chi connectivity index (χ3v) is 2.88. The van der Waals surface area contributed by atoms with Crippen LogP contribution in [0.25, 0.3) is 11.3 Å². The van der Waals surface area contributed by atoms with Gasteiger partial charge in [0.1, 0.15) is 5.75 Å².